The fourth-order valence-electron chi connectivity index (χ4n) is 1.29. The molecule has 0 bridgehead atoms. The zero-order valence-corrected chi connectivity index (χ0v) is 11.7. The van der Waals surface area contributed by atoms with Gasteiger partial charge in [-0.2, -0.15) is 5.10 Å². The molecule has 0 fully saturated rings. The average Bonchev–Trinajstić information content (AvgIpc) is 2.39. The minimum Gasteiger partial charge on any atom is -0.506 e. The zero-order valence-electron chi connectivity index (χ0n) is 10.2. The van der Waals surface area contributed by atoms with Gasteiger partial charge in [-0.3, -0.25) is 9.78 Å². The highest BCUT2D eigenvalue weighted by Gasteiger charge is 2.06. The van der Waals surface area contributed by atoms with Crippen molar-refractivity contribution in [1.82, 2.24) is 15.2 Å². The largest absolute Gasteiger partial charge is 0.506 e. The molecular formula is C11H9Cl2N5O2. The Bertz CT molecular complexity index is 729. The molecule has 0 spiro atoms. The van der Waals surface area contributed by atoms with Crippen molar-refractivity contribution < 1.29 is 5.11 Å². The SMILES string of the molecule is Cc1nnc(N/N=C/c2cc(Cl)cc(Cl)c2O)[nH]c1=O. The lowest BCUT2D eigenvalue weighted by Gasteiger charge is -2.02. The van der Waals surface area contributed by atoms with E-state index in [2.05, 4.69) is 25.7 Å². The van der Waals surface area contributed by atoms with Crippen LogP contribution in [0.2, 0.25) is 10.0 Å². The van der Waals surface area contributed by atoms with Crippen LogP contribution in [-0.2, 0) is 0 Å². The smallest absolute Gasteiger partial charge is 0.274 e. The van der Waals surface area contributed by atoms with Crippen LogP contribution in [0.15, 0.2) is 22.0 Å². The van der Waals surface area contributed by atoms with E-state index in [9.17, 15) is 9.90 Å². The summed E-state index contributed by atoms with van der Waals surface area (Å²) in [5.41, 5.74) is 2.67. The van der Waals surface area contributed by atoms with Crippen LogP contribution in [0.3, 0.4) is 0 Å². The van der Waals surface area contributed by atoms with E-state index in [0.717, 1.165) is 0 Å². The Balaban J connectivity index is 2.18. The number of aromatic nitrogens is 3. The maximum Gasteiger partial charge on any atom is 0.274 e. The van der Waals surface area contributed by atoms with Crippen LogP contribution < -0.4 is 11.0 Å². The van der Waals surface area contributed by atoms with Crippen LogP contribution in [0.25, 0.3) is 0 Å². The van der Waals surface area contributed by atoms with Crippen molar-refractivity contribution in [1.29, 1.82) is 0 Å². The molecule has 0 radical (unpaired) electrons. The van der Waals surface area contributed by atoms with Crippen molar-refractivity contribution in [2.45, 2.75) is 6.92 Å². The van der Waals surface area contributed by atoms with E-state index in [4.69, 9.17) is 23.2 Å². The van der Waals surface area contributed by atoms with Gasteiger partial charge < -0.3 is 5.11 Å². The van der Waals surface area contributed by atoms with Crippen LogP contribution >= 0.6 is 23.2 Å². The molecule has 2 rings (SSSR count). The van der Waals surface area contributed by atoms with Crippen LogP contribution in [0.5, 0.6) is 5.75 Å². The highest BCUT2D eigenvalue weighted by Crippen LogP contribution is 2.29. The number of hydrazone groups is 1. The average molecular weight is 314 g/mol. The molecule has 1 heterocycles. The van der Waals surface area contributed by atoms with Gasteiger partial charge in [-0.15, -0.1) is 10.2 Å². The number of halogens is 2. The number of aromatic amines is 1. The maximum atomic E-state index is 11.3. The second-order valence-electron chi connectivity index (χ2n) is 3.78. The van der Waals surface area contributed by atoms with E-state index in [1.807, 2.05) is 0 Å². The molecule has 0 aliphatic rings. The van der Waals surface area contributed by atoms with Crippen molar-refractivity contribution in [3.63, 3.8) is 0 Å². The number of aromatic hydroxyl groups is 1. The minimum atomic E-state index is -0.369. The number of anilines is 1. The summed E-state index contributed by atoms with van der Waals surface area (Å²) in [7, 11) is 0. The molecule has 0 saturated carbocycles. The molecule has 0 saturated heterocycles. The monoisotopic (exact) mass is 313 g/mol. The lowest BCUT2D eigenvalue weighted by molar-refractivity contribution is 0.475. The number of rotatable bonds is 3. The molecule has 0 aliphatic heterocycles. The van der Waals surface area contributed by atoms with E-state index < -0.39 is 0 Å². The second-order valence-corrected chi connectivity index (χ2v) is 4.63. The lowest BCUT2D eigenvalue weighted by Crippen LogP contribution is -2.15. The molecule has 20 heavy (non-hydrogen) atoms. The van der Waals surface area contributed by atoms with E-state index >= 15 is 0 Å². The third kappa shape index (κ3) is 3.25. The number of aryl methyl sites for hydroxylation is 1. The quantitative estimate of drug-likeness (QED) is 0.593. The Morgan fingerprint density at radius 2 is 2.15 bits per heavy atom. The molecule has 0 atom stereocenters. The van der Waals surface area contributed by atoms with Gasteiger partial charge in [0.05, 0.1) is 11.2 Å². The molecule has 3 N–H and O–H groups in total. The van der Waals surface area contributed by atoms with Crippen LogP contribution in [0, 0.1) is 6.92 Å². The van der Waals surface area contributed by atoms with Crippen LogP contribution in [-0.4, -0.2) is 26.5 Å². The van der Waals surface area contributed by atoms with Crippen LogP contribution in [0.1, 0.15) is 11.3 Å². The third-order valence-electron chi connectivity index (χ3n) is 2.29. The molecule has 0 aliphatic carbocycles. The molecule has 0 unspecified atom stereocenters. The Kier molecular flexibility index (Phi) is 4.21. The summed E-state index contributed by atoms with van der Waals surface area (Å²) in [6.07, 6.45) is 1.28. The first kappa shape index (κ1) is 14.3. The molecule has 0 amide bonds. The molecule has 9 heteroatoms. The Morgan fingerprint density at radius 1 is 1.40 bits per heavy atom. The highest BCUT2D eigenvalue weighted by atomic mass is 35.5. The standard InChI is InChI=1S/C11H9Cl2N5O2/c1-5-10(20)15-11(18-16-5)17-14-4-6-2-7(12)3-8(13)9(6)19/h2-4,19H,1H3,(H2,15,17,18,20)/b14-4+. The van der Waals surface area contributed by atoms with Gasteiger partial charge in [-0.1, -0.05) is 23.2 Å². The van der Waals surface area contributed by atoms with Crippen LogP contribution in [0.4, 0.5) is 5.95 Å². The molecule has 7 nitrogen and oxygen atoms in total. The summed E-state index contributed by atoms with van der Waals surface area (Å²) in [5.74, 6) is -0.0745. The summed E-state index contributed by atoms with van der Waals surface area (Å²) in [4.78, 5) is 13.7. The topological polar surface area (TPSA) is 103 Å². The van der Waals surface area contributed by atoms with Crippen molar-refractivity contribution in [3.8, 4) is 5.75 Å². The number of benzene rings is 1. The van der Waals surface area contributed by atoms with Crippen molar-refractivity contribution in [2.24, 2.45) is 5.10 Å². The Hall–Kier alpha value is -2.12. The minimum absolute atomic E-state index is 0.0736. The fourth-order valence-corrected chi connectivity index (χ4v) is 1.80. The van der Waals surface area contributed by atoms with E-state index in [-0.39, 0.29) is 28.0 Å². The first-order valence-electron chi connectivity index (χ1n) is 5.38. The van der Waals surface area contributed by atoms with Gasteiger partial charge in [0.15, 0.2) is 0 Å². The van der Waals surface area contributed by atoms with Gasteiger partial charge in [-0.25, -0.2) is 5.43 Å². The Morgan fingerprint density at radius 3 is 2.85 bits per heavy atom. The van der Waals surface area contributed by atoms with Crippen molar-refractivity contribution in [2.75, 3.05) is 5.43 Å². The zero-order chi connectivity index (χ0) is 14.7. The van der Waals surface area contributed by atoms with Gasteiger partial charge >= 0.3 is 0 Å². The summed E-state index contributed by atoms with van der Waals surface area (Å²) in [6.45, 7) is 1.53. The number of phenolic OH excluding ortho intramolecular Hbond substituents is 1. The molecule has 1 aromatic carbocycles. The van der Waals surface area contributed by atoms with Crippen molar-refractivity contribution >= 4 is 35.4 Å². The predicted molar refractivity (Wildman–Crippen MR) is 76.7 cm³/mol. The highest BCUT2D eigenvalue weighted by molar-refractivity contribution is 6.36. The van der Waals surface area contributed by atoms with Gasteiger partial charge in [0, 0.05) is 10.6 Å². The first-order valence-corrected chi connectivity index (χ1v) is 6.13. The van der Waals surface area contributed by atoms with Gasteiger partial charge in [0.1, 0.15) is 11.4 Å². The number of nitrogens with zero attached hydrogens (tertiary/aromatic N) is 3. The third-order valence-corrected chi connectivity index (χ3v) is 2.80. The fraction of sp³-hybridized carbons (Fsp3) is 0.0909. The normalized spacial score (nSPS) is 10.9. The molecule has 1 aromatic heterocycles. The van der Waals surface area contributed by atoms with E-state index in [1.54, 1.807) is 0 Å². The van der Waals surface area contributed by atoms with E-state index in [1.165, 1.54) is 25.3 Å². The van der Waals surface area contributed by atoms with E-state index in [0.29, 0.717) is 10.6 Å². The maximum absolute atomic E-state index is 11.3. The molecule has 2 aromatic rings. The van der Waals surface area contributed by atoms with Gasteiger partial charge in [0.2, 0.25) is 5.95 Å². The van der Waals surface area contributed by atoms with Crippen molar-refractivity contribution in [3.05, 3.63) is 43.8 Å². The summed E-state index contributed by atoms with van der Waals surface area (Å²) in [6, 6.07) is 2.89. The Labute approximate surface area is 123 Å². The first-order chi connectivity index (χ1) is 9.47. The summed E-state index contributed by atoms with van der Waals surface area (Å²) < 4.78 is 0. The predicted octanol–water partition coefficient (Wildman–Crippen LogP) is 1.93. The molecule has 104 valence electrons. The number of H-pyrrole nitrogens is 1. The summed E-state index contributed by atoms with van der Waals surface area (Å²) >= 11 is 11.6. The van der Waals surface area contributed by atoms with Gasteiger partial charge in [-0.05, 0) is 19.1 Å². The number of phenols is 1. The second kappa shape index (κ2) is 5.89. The lowest BCUT2D eigenvalue weighted by atomic mass is 10.2. The number of nitrogens with one attached hydrogen (secondary N) is 2. The van der Waals surface area contributed by atoms with Gasteiger partial charge in [0.25, 0.3) is 5.56 Å². The number of hydrogen-bond acceptors (Lipinski definition) is 6. The molecular weight excluding hydrogens is 305 g/mol. The number of hydrogen-bond donors (Lipinski definition) is 3. The summed E-state index contributed by atoms with van der Waals surface area (Å²) in [5, 5.41) is 21.3.